The zero-order valence-electron chi connectivity index (χ0n) is 13.3. The fourth-order valence-corrected chi connectivity index (χ4v) is 2.79. The Kier molecular flexibility index (Phi) is 6.91. The van der Waals surface area contributed by atoms with Crippen LogP contribution in [-0.4, -0.2) is 61.5 Å². The molecule has 0 bridgehead atoms. The van der Waals surface area contributed by atoms with E-state index in [1.54, 1.807) is 30.3 Å². The number of nitrogens with zero attached hydrogens (tertiary/aromatic N) is 1. The van der Waals surface area contributed by atoms with Crippen LogP contribution in [0.4, 0.5) is 0 Å². The highest BCUT2D eigenvalue weighted by Gasteiger charge is 2.17. The van der Waals surface area contributed by atoms with E-state index in [1.807, 2.05) is 21.1 Å². The first-order chi connectivity index (χ1) is 10.2. The Bertz CT molecular complexity index is 559. The molecule has 1 unspecified atom stereocenters. The minimum Gasteiger partial charge on any atom is -0.628 e. The molecule has 22 heavy (non-hydrogen) atoms. The summed E-state index contributed by atoms with van der Waals surface area (Å²) in [6.45, 7) is 3.96. The maximum atomic E-state index is 11.9. The van der Waals surface area contributed by atoms with Crippen molar-refractivity contribution in [2.75, 3.05) is 40.5 Å². The van der Waals surface area contributed by atoms with E-state index in [2.05, 4.69) is 6.58 Å². The molecule has 0 spiro atoms. The lowest BCUT2D eigenvalue weighted by molar-refractivity contribution is -0.861. The number of likely N-dealkylation sites (N-methyl/N-ethyl adjacent to an activating group) is 1. The molecule has 1 rings (SSSR count). The van der Waals surface area contributed by atoms with Crippen LogP contribution in [0.15, 0.2) is 30.8 Å². The van der Waals surface area contributed by atoms with Crippen molar-refractivity contribution < 1.29 is 24.0 Å². The van der Waals surface area contributed by atoms with Gasteiger partial charge in [-0.05, 0) is 17.7 Å². The number of esters is 1. The number of quaternary nitrogens is 1. The predicted octanol–water partition coefficient (Wildman–Crippen LogP) is 1.45. The molecule has 0 amide bonds. The molecular formula is C16H23NO4P+. The normalized spacial score (nSPS) is 12.6. The molecule has 5 nitrogen and oxygen atoms in total. The molecule has 0 aliphatic heterocycles. The van der Waals surface area contributed by atoms with E-state index >= 15 is 0 Å². The molecule has 1 aromatic rings. The van der Waals surface area contributed by atoms with Crippen molar-refractivity contribution >= 4 is 25.3 Å². The van der Waals surface area contributed by atoms with Gasteiger partial charge in [0.25, 0.3) is 5.48 Å². The third kappa shape index (κ3) is 6.50. The van der Waals surface area contributed by atoms with E-state index in [-0.39, 0.29) is 18.2 Å². The highest BCUT2D eigenvalue weighted by Crippen LogP contribution is 2.14. The first-order valence-corrected chi connectivity index (χ1v) is 8.37. The molecule has 1 atom stereocenters. The van der Waals surface area contributed by atoms with Gasteiger partial charge in [0, 0.05) is 0 Å². The number of rotatable bonds is 7. The number of hydrogen-bond donors (Lipinski definition) is 1. The maximum Gasteiger partial charge on any atom is 0.338 e. The van der Waals surface area contributed by atoms with Crippen LogP contribution in [0.5, 0.6) is 0 Å². The average Bonchev–Trinajstić information content (AvgIpc) is 2.45. The van der Waals surface area contributed by atoms with Crippen LogP contribution in [-0.2, 0) is 4.74 Å². The predicted molar refractivity (Wildman–Crippen MR) is 88.4 cm³/mol. The molecule has 1 N–H and O–H groups in total. The summed E-state index contributed by atoms with van der Waals surface area (Å²) in [5.74, 6) is -0.467. The summed E-state index contributed by atoms with van der Waals surface area (Å²) in [5, 5.41) is 9.76. The van der Waals surface area contributed by atoms with Crippen LogP contribution >= 0.6 is 7.77 Å². The fourth-order valence-electron chi connectivity index (χ4n) is 1.69. The molecule has 1 aromatic carbocycles. The summed E-state index contributed by atoms with van der Waals surface area (Å²) in [4.78, 5) is 23.7. The summed E-state index contributed by atoms with van der Waals surface area (Å²) in [5.41, 5.74) is 1.30. The smallest absolute Gasteiger partial charge is 0.338 e. The summed E-state index contributed by atoms with van der Waals surface area (Å²) >= 11 is 0. The van der Waals surface area contributed by atoms with Crippen molar-refractivity contribution in [1.29, 1.82) is 0 Å². The van der Waals surface area contributed by atoms with E-state index in [4.69, 9.17) is 4.74 Å². The van der Waals surface area contributed by atoms with E-state index in [0.29, 0.717) is 16.6 Å². The van der Waals surface area contributed by atoms with Gasteiger partial charge in [0.05, 0.1) is 34.5 Å². The fraction of sp³-hybridized carbons (Fsp3) is 0.375. The Morgan fingerprint density at radius 2 is 1.95 bits per heavy atom. The van der Waals surface area contributed by atoms with Crippen LogP contribution in [0, 0.1) is 0 Å². The topological polar surface area (TPSA) is 69.6 Å². The van der Waals surface area contributed by atoms with Crippen LogP contribution in [0.2, 0.25) is 0 Å². The van der Waals surface area contributed by atoms with Crippen molar-refractivity contribution in [3.05, 3.63) is 42.0 Å². The number of benzene rings is 1. The molecular weight excluding hydrogens is 301 g/mol. The lowest BCUT2D eigenvalue weighted by Crippen LogP contribution is -2.39. The summed E-state index contributed by atoms with van der Waals surface area (Å²) < 4.78 is 5.56. The third-order valence-corrected chi connectivity index (χ3v) is 4.12. The third-order valence-electron chi connectivity index (χ3n) is 2.81. The maximum absolute atomic E-state index is 11.9. The lowest BCUT2D eigenvalue weighted by atomic mass is 10.1. The van der Waals surface area contributed by atoms with Gasteiger partial charge in [-0.1, -0.05) is 24.8 Å². The standard InChI is InChI=1S/C16H22NO4P/c1-5-13-6-8-14(9-7-13)16(19)21-10-11-22(20)15(18)12-17(2,3)4/h5-9H,1,10-12H2,2-4H3/p+1. The zero-order chi connectivity index (χ0) is 16.8. The van der Waals surface area contributed by atoms with Crippen molar-refractivity contribution in [2.45, 2.75) is 0 Å². The van der Waals surface area contributed by atoms with E-state index in [1.165, 1.54) is 0 Å². The van der Waals surface area contributed by atoms with Gasteiger partial charge < -0.3 is 19.2 Å². The Morgan fingerprint density at radius 1 is 1.36 bits per heavy atom. The molecule has 0 fully saturated rings. The Morgan fingerprint density at radius 3 is 2.45 bits per heavy atom. The highest BCUT2D eigenvalue weighted by atomic mass is 31.1. The van der Waals surface area contributed by atoms with Crippen LogP contribution in [0.3, 0.4) is 0 Å². The van der Waals surface area contributed by atoms with Gasteiger partial charge in [0.2, 0.25) is 0 Å². The molecule has 0 saturated heterocycles. The number of hydrogen-bond acceptors (Lipinski definition) is 3. The van der Waals surface area contributed by atoms with E-state index in [9.17, 15) is 14.8 Å². The van der Waals surface area contributed by atoms with Crippen LogP contribution < -0.4 is 4.89 Å². The first-order valence-electron chi connectivity index (χ1n) is 6.92. The van der Waals surface area contributed by atoms with Crippen molar-refractivity contribution in [3.63, 3.8) is 0 Å². The Hall–Kier alpha value is -1.52. The van der Waals surface area contributed by atoms with Crippen LogP contribution in [0.1, 0.15) is 15.9 Å². The quantitative estimate of drug-likeness (QED) is 0.468. The number of aliphatic hydroxyl groups is 1. The molecule has 120 valence electrons. The molecule has 0 saturated carbocycles. The summed E-state index contributed by atoms with van der Waals surface area (Å²) in [7, 11) is 3.79. The molecule has 0 radical (unpaired) electrons. The number of carbonyl (C=O) groups excluding carboxylic acids is 1. The monoisotopic (exact) mass is 324 g/mol. The number of carbonyl (C=O) groups is 1. The zero-order valence-corrected chi connectivity index (χ0v) is 14.2. The van der Waals surface area contributed by atoms with Gasteiger partial charge in [-0.15, -0.1) is 0 Å². The minimum absolute atomic E-state index is 0.0124. The molecule has 0 heterocycles. The Labute approximate surface area is 132 Å². The van der Waals surface area contributed by atoms with Gasteiger partial charge in [-0.25, -0.2) is 4.79 Å². The largest absolute Gasteiger partial charge is 0.628 e. The van der Waals surface area contributed by atoms with Gasteiger partial charge >= 0.3 is 5.97 Å². The van der Waals surface area contributed by atoms with Gasteiger partial charge in [-0.3, -0.25) is 0 Å². The van der Waals surface area contributed by atoms with Crippen molar-refractivity contribution in [3.8, 4) is 0 Å². The van der Waals surface area contributed by atoms with Crippen molar-refractivity contribution in [1.82, 2.24) is 0 Å². The second-order valence-corrected chi connectivity index (χ2v) is 7.65. The Balaban J connectivity index is 2.50. The van der Waals surface area contributed by atoms with Gasteiger partial charge in [0.1, 0.15) is 12.8 Å². The summed E-state index contributed by atoms with van der Waals surface area (Å²) in [6, 6.07) is 6.84. The lowest BCUT2D eigenvalue weighted by Gasteiger charge is -2.22. The second kappa shape index (κ2) is 8.20. The highest BCUT2D eigenvalue weighted by molar-refractivity contribution is 7.51. The summed E-state index contributed by atoms with van der Waals surface area (Å²) in [6.07, 6.45) is 1.81. The molecule has 0 aliphatic carbocycles. The van der Waals surface area contributed by atoms with E-state index < -0.39 is 13.7 Å². The number of ether oxygens (including phenoxy) is 1. The van der Waals surface area contributed by atoms with Crippen LogP contribution in [0.25, 0.3) is 6.08 Å². The van der Waals surface area contributed by atoms with Crippen molar-refractivity contribution in [2.24, 2.45) is 0 Å². The van der Waals surface area contributed by atoms with Gasteiger partial charge in [0.15, 0.2) is 6.54 Å². The van der Waals surface area contributed by atoms with Gasteiger partial charge in [-0.2, -0.15) is 0 Å². The molecule has 6 heteroatoms. The minimum atomic E-state index is -1.90. The molecule has 0 aromatic heterocycles. The molecule has 0 aliphatic rings. The average molecular weight is 324 g/mol. The van der Waals surface area contributed by atoms with E-state index in [0.717, 1.165) is 5.56 Å². The number of aliphatic hydroxyl groups excluding tert-OH is 1. The second-order valence-electron chi connectivity index (χ2n) is 5.93. The first kappa shape index (κ1) is 18.5. The SMILES string of the molecule is C=Cc1ccc(C(=O)OCC/[P+]([O-])=C(\O)C[N+](C)(C)C)cc1.